The van der Waals surface area contributed by atoms with E-state index in [0.29, 0.717) is 16.2 Å². The number of carboxylic acid groups (broad SMARTS) is 1. The Hall–Kier alpha value is -1.21. The molecule has 0 spiro atoms. The van der Waals surface area contributed by atoms with Gasteiger partial charge in [-0.2, -0.15) is 4.31 Å². The van der Waals surface area contributed by atoms with E-state index in [1.807, 2.05) is 0 Å². The van der Waals surface area contributed by atoms with Gasteiger partial charge in [-0.25, -0.2) is 8.42 Å². The van der Waals surface area contributed by atoms with Crippen molar-refractivity contribution in [3.05, 3.63) is 43.7 Å². The first-order chi connectivity index (χ1) is 11.8. The summed E-state index contributed by atoms with van der Waals surface area (Å²) in [5.74, 6) is -0.902. The normalized spacial score (nSPS) is 20.9. The molecule has 2 aromatic rings. The third-order valence-corrected chi connectivity index (χ3v) is 7.78. The van der Waals surface area contributed by atoms with E-state index in [1.54, 1.807) is 6.07 Å². The zero-order chi connectivity index (χ0) is 18.4. The fourth-order valence-corrected chi connectivity index (χ4v) is 6.29. The topological polar surface area (TPSA) is 104 Å². The molecule has 1 aromatic carbocycles. The number of hydrogen-bond acceptors (Lipinski definition) is 6. The standard InChI is InChI=1S/C15H14INO6S2/c1-23-9-2-4-10(5-3-9)25(21,22)17-7-8-6-11(16)24-14(8)13(18)12(17)15(19)20/h2-6,12-13,18H,7H2,1H3,(H,19,20). The van der Waals surface area contributed by atoms with Gasteiger partial charge in [0.2, 0.25) is 10.0 Å². The van der Waals surface area contributed by atoms with Crippen LogP contribution >= 0.6 is 33.9 Å². The fourth-order valence-electron chi connectivity index (χ4n) is 2.72. The van der Waals surface area contributed by atoms with Crippen LogP contribution in [0.2, 0.25) is 0 Å². The molecule has 0 aliphatic carbocycles. The minimum Gasteiger partial charge on any atom is -0.497 e. The summed E-state index contributed by atoms with van der Waals surface area (Å²) in [6.07, 6.45) is -1.41. The van der Waals surface area contributed by atoms with E-state index in [1.165, 1.54) is 42.7 Å². The molecule has 0 saturated heterocycles. The summed E-state index contributed by atoms with van der Waals surface area (Å²) in [4.78, 5) is 12.1. The maximum Gasteiger partial charge on any atom is 0.325 e. The average Bonchev–Trinajstić information content (AvgIpc) is 2.95. The highest BCUT2D eigenvalue weighted by atomic mass is 127. The Morgan fingerprint density at radius 1 is 1.36 bits per heavy atom. The molecule has 0 bridgehead atoms. The second-order valence-electron chi connectivity index (χ2n) is 5.39. The highest BCUT2D eigenvalue weighted by Gasteiger charge is 2.46. The quantitative estimate of drug-likeness (QED) is 0.630. The molecule has 2 atom stereocenters. The molecule has 0 fully saturated rings. The highest BCUT2D eigenvalue weighted by molar-refractivity contribution is 14.1. The number of aliphatic hydroxyl groups excluding tert-OH is 1. The summed E-state index contributed by atoms with van der Waals surface area (Å²) < 4.78 is 32.7. The number of rotatable bonds is 4. The predicted octanol–water partition coefficient (Wildman–Crippen LogP) is 2.05. The van der Waals surface area contributed by atoms with Gasteiger partial charge in [0.05, 0.1) is 14.9 Å². The Kier molecular flexibility index (Phi) is 5.08. The molecule has 2 heterocycles. The molecule has 0 saturated carbocycles. The maximum absolute atomic E-state index is 13.0. The van der Waals surface area contributed by atoms with Crippen LogP contribution in [0.25, 0.3) is 0 Å². The smallest absolute Gasteiger partial charge is 0.325 e. The molecular formula is C15H14INO6S2. The number of thiophene rings is 1. The number of aliphatic hydroxyl groups is 1. The minimum atomic E-state index is -4.11. The monoisotopic (exact) mass is 495 g/mol. The third kappa shape index (κ3) is 3.28. The van der Waals surface area contributed by atoms with Gasteiger partial charge in [-0.3, -0.25) is 4.79 Å². The molecule has 2 unspecified atom stereocenters. The molecule has 1 aliphatic rings. The van der Waals surface area contributed by atoms with Crippen LogP contribution < -0.4 is 4.74 Å². The number of carbonyl (C=O) groups is 1. The lowest BCUT2D eigenvalue weighted by Gasteiger charge is -2.35. The molecule has 10 heteroatoms. The van der Waals surface area contributed by atoms with Crippen LogP contribution in [0.4, 0.5) is 0 Å². The number of carboxylic acids is 1. The summed E-state index contributed by atoms with van der Waals surface area (Å²) in [5.41, 5.74) is 0.622. The van der Waals surface area contributed by atoms with Crippen molar-refractivity contribution in [1.29, 1.82) is 0 Å². The maximum atomic E-state index is 13.0. The number of benzene rings is 1. The fraction of sp³-hybridized carbons (Fsp3) is 0.267. The zero-order valence-corrected chi connectivity index (χ0v) is 16.7. The lowest BCUT2D eigenvalue weighted by molar-refractivity contribution is -0.146. The van der Waals surface area contributed by atoms with Crippen LogP contribution in [0.3, 0.4) is 0 Å². The SMILES string of the molecule is COc1ccc(S(=O)(=O)N2Cc3cc(I)sc3C(O)C2C(=O)O)cc1. The van der Waals surface area contributed by atoms with Gasteiger partial charge in [-0.15, -0.1) is 11.3 Å². The van der Waals surface area contributed by atoms with Crippen molar-refractivity contribution in [2.45, 2.75) is 23.6 Å². The number of fused-ring (bicyclic) bond motifs is 1. The van der Waals surface area contributed by atoms with Crippen molar-refractivity contribution >= 4 is 49.9 Å². The van der Waals surface area contributed by atoms with Gasteiger partial charge in [0.25, 0.3) is 0 Å². The highest BCUT2D eigenvalue weighted by Crippen LogP contribution is 2.40. The Morgan fingerprint density at radius 3 is 2.56 bits per heavy atom. The largest absolute Gasteiger partial charge is 0.497 e. The number of hydrogen-bond donors (Lipinski definition) is 2. The predicted molar refractivity (Wildman–Crippen MR) is 99.1 cm³/mol. The van der Waals surface area contributed by atoms with Crippen LogP contribution in [0.15, 0.2) is 35.2 Å². The van der Waals surface area contributed by atoms with Crippen LogP contribution in [-0.4, -0.2) is 42.1 Å². The zero-order valence-electron chi connectivity index (χ0n) is 12.9. The Bertz CT molecular complexity index is 909. The van der Waals surface area contributed by atoms with E-state index in [0.717, 1.165) is 7.19 Å². The molecular weight excluding hydrogens is 481 g/mol. The van der Waals surface area contributed by atoms with Crippen LogP contribution in [0, 0.1) is 2.88 Å². The van der Waals surface area contributed by atoms with E-state index in [2.05, 4.69) is 22.6 Å². The van der Waals surface area contributed by atoms with Crippen molar-refractivity contribution in [2.75, 3.05) is 7.11 Å². The van der Waals surface area contributed by atoms with Gasteiger partial charge in [0.1, 0.15) is 11.9 Å². The second kappa shape index (κ2) is 6.83. The van der Waals surface area contributed by atoms with Gasteiger partial charge < -0.3 is 14.9 Å². The van der Waals surface area contributed by atoms with Gasteiger partial charge >= 0.3 is 5.97 Å². The van der Waals surface area contributed by atoms with Crippen molar-refractivity contribution in [2.24, 2.45) is 0 Å². The number of methoxy groups -OCH3 is 1. The number of halogens is 1. The van der Waals surface area contributed by atoms with Gasteiger partial charge in [-0.1, -0.05) is 0 Å². The molecule has 2 N–H and O–H groups in total. The van der Waals surface area contributed by atoms with Gasteiger partial charge in [0, 0.05) is 11.4 Å². The Morgan fingerprint density at radius 2 is 2.00 bits per heavy atom. The number of ether oxygens (including phenoxy) is 1. The lowest BCUT2D eigenvalue weighted by atomic mass is 10.0. The number of aliphatic carboxylic acids is 1. The molecule has 3 rings (SSSR count). The Labute approximate surface area is 162 Å². The Balaban J connectivity index is 2.07. The summed E-state index contributed by atoms with van der Waals surface area (Å²) in [5, 5.41) is 20.0. The summed E-state index contributed by atoms with van der Waals surface area (Å²) in [6, 6.07) is 5.87. The molecule has 7 nitrogen and oxygen atoms in total. The first-order valence-electron chi connectivity index (χ1n) is 7.10. The van der Waals surface area contributed by atoms with Gasteiger partial charge in [0.15, 0.2) is 6.04 Å². The first kappa shape index (κ1) is 18.6. The van der Waals surface area contributed by atoms with Crippen LogP contribution in [0.1, 0.15) is 16.5 Å². The summed E-state index contributed by atoms with van der Waals surface area (Å²) in [7, 11) is -2.65. The lowest BCUT2D eigenvalue weighted by Crippen LogP contribution is -2.50. The second-order valence-corrected chi connectivity index (χ2v) is 10.3. The van der Waals surface area contributed by atoms with E-state index in [4.69, 9.17) is 4.74 Å². The summed E-state index contributed by atoms with van der Waals surface area (Å²) in [6.45, 7) is -0.1000. The minimum absolute atomic E-state index is 0.0554. The van der Waals surface area contributed by atoms with Crippen molar-refractivity contribution in [3.8, 4) is 5.75 Å². The molecule has 1 aliphatic heterocycles. The molecule has 1 aromatic heterocycles. The van der Waals surface area contributed by atoms with E-state index < -0.39 is 28.1 Å². The van der Waals surface area contributed by atoms with Crippen LogP contribution in [0.5, 0.6) is 5.75 Å². The summed E-state index contributed by atoms with van der Waals surface area (Å²) >= 11 is 3.33. The molecule has 0 amide bonds. The van der Waals surface area contributed by atoms with E-state index in [9.17, 15) is 23.4 Å². The first-order valence-corrected chi connectivity index (χ1v) is 10.4. The molecule has 25 heavy (non-hydrogen) atoms. The average molecular weight is 495 g/mol. The number of nitrogens with zero attached hydrogens (tertiary/aromatic N) is 1. The number of sulfonamides is 1. The molecule has 0 radical (unpaired) electrons. The van der Waals surface area contributed by atoms with E-state index in [-0.39, 0.29) is 11.4 Å². The van der Waals surface area contributed by atoms with Gasteiger partial charge in [-0.05, 0) is 58.5 Å². The van der Waals surface area contributed by atoms with E-state index >= 15 is 0 Å². The van der Waals surface area contributed by atoms with Crippen LogP contribution in [-0.2, 0) is 21.4 Å². The van der Waals surface area contributed by atoms with Crippen molar-refractivity contribution in [3.63, 3.8) is 0 Å². The van der Waals surface area contributed by atoms with Crippen molar-refractivity contribution < 1.29 is 28.2 Å². The third-order valence-electron chi connectivity index (χ3n) is 3.93. The molecule has 134 valence electrons. The van der Waals surface area contributed by atoms with Crippen molar-refractivity contribution in [1.82, 2.24) is 4.31 Å².